The molecule has 0 radical (unpaired) electrons. The van der Waals surface area contributed by atoms with E-state index in [4.69, 9.17) is 4.74 Å². The van der Waals surface area contributed by atoms with Crippen molar-refractivity contribution in [2.24, 2.45) is 0 Å². The van der Waals surface area contributed by atoms with Crippen LogP contribution in [-0.4, -0.2) is 55.2 Å². The van der Waals surface area contributed by atoms with Gasteiger partial charge >= 0.3 is 0 Å². The van der Waals surface area contributed by atoms with Gasteiger partial charge in [0.05, 0.1) is 13.2 Å². The SMILES string of the molecule is Cc1ccnc(C2CN(C(=O)CCCn3cncn3)CCO2)n1. The maximum atomic E-state index is 12.4. The van der Waals surface area contributed by atoms with Crippen LogP contribution >= 0.6 is 0 Å². The molecular weight excluding hydrogens is 296 g/mol. The second kappa shape index (κ2) is 7.28. The molecule has 0 aliphatic carbocycles. The predicted octanol–water partition coefficient (Wildman–Crippen LogP) is 0.757. The summed E-state index contributed by atoms with van der Waals surface area (Å²) < 4.78 is 7.45. The predicted molar refractivity (Wildman–Crippen MR) is 81.3 cm³/mol. The van der Waals surface area contributed by atoms with Crippen LogP contribution in [0.3, 0.4) is 0 Å². The molecule has 2 aromatic heterocycles. The van der Waals surface area contributed by atoms with Crippen LogP contribution in [0.15, 0.2) is 24.9 Å². The second-order valence-electron chi connectivity index (χ2n) is 5.52. The molecule has 1 aliphatic heterocycles. The Kier molecular flexibility index (Phi) is 4.92. The van der Waals surface area contributed by atoms with Crippen molar-refractivity contribution in [2.45, 2.75) is 32.4 Å². The largest absolute Gasteiger partial charge is 0.367 e. The highest BCUT2D eigenvalue weighted by atomic mass is 16.5. The van der Waals surface area contributed by atoms with Crippen LogP contribution in [0.25, 0.3) is 0 Å². The zero-order valence-corrected chi connectivity index (χ0v) is 13.1. The summed E-state index contributed by atoms with van der Waals surface area (Å²) in [6, 6.07) is 1.85. The van der Waals surface area contributed by atoms with Crippen LogP contribution in [-0.2, 0) is 16.1 Å². The number of morpholine rings is 1. The Morgan fingerprint density at radius 1 is 1.48 bits per heavy atom. The van der Waals surface area contributed by atoms with Crippen LogP contribution in [0.4, 0.5) is 0 Å². The van der Waals surface area contributed by atoms with Gasteiger partial charge in [-0.2, -0.15) is 5.10 Å². The summed E-state index contributed by atoms with van der Waals surface area (Å²) in [4.78, 5) is 26.7. The third-order valence-corrected chi connectivity index (χ3v) is 3.77. The fraction of sp³-hybridized carbons (Fsp3) is 0.533. The van der Waals surface area contributed by atoms with Crippen LogP contribution in [0, 0.1) is 6.92 Å². The normalized spacial score (nSPS) is 18.1. The molecule has 1 saturated heterocycles. The van der Waals surface area contributed by atoms with E-state index in [0.717, 1.165) is 12.1 Å². The molecule has 1 fully saturated rings. The van der Waals surface area contributed by atoms with Crippen molar-refractivity contribution in [1.29, 1.82) is 0 Å². The fourth-order valence-corrected chi connectivity index (χ4v) is 2.55. The number of ether oxygens (including phenoxy) is 1. The average molecular weight is 316 g/mol. The number of hydrogen-bond donors (Lipinski definition) is 0. The van der Waals surface area contributed by atoms with Crippen LogP contribution in [0.1, 0.15) is 30.5 Å². The van der Waals surface area contributed by atoms with Crippen molar-refractivity contribution >= 4 is 5.91 Å². The molecule has 23 heavy (non-hydrogen) atoms. The number of carbonyl (C=O) groups is 1. The zero-order chi connectivity index (χ0) is 16.1. The maximum Gasteiger partial charge on any atom is 0.222 e. The summed E-state index contributed by atoms with van der Waals surface area (Å²) in [5.41, 5.74) is 0.898. The number of carbonyl (C=O) groups excluding carboxylic acids is 1. The molecule has 8 heteroatoms. The van der Waals surface area contributed by atoms with Crippen LogP contribution in [0.5, 0.6) is 0 Å². The van der Waals surface area contributed by atoms with Gasteiger partial charge in [-0.15, -0.1) is 0 Å². The summed E-state index contributed by atoms with van der Waals surface area (Å²) in [5.74, 6) is 0.774. The molecule has 2 aromatic rings. The number of hydrogen-bond acceptors (Lipinski definition) is 6. The fourth-order valence-electron chi connectivity index (χ4n) is 2.55. The van der Waals surface area contributed by atoms with Gasteiger partial charge in [-0.1, -0.05) is 0 Å². The smallest absolute Gasteiger partial charge is 0.222 e. The Morgan fingerprint density at radius 2 is 2.39 bits per heavy atom. The van der Waals surface area contributed by atoms with Gasteiger partial charge in [-0.3, -0.25) is 9.48 Å². The second-order valence-corrected chi connectivity index (χ2v) is 5.52. The number of aryl methyl sites for hydroxylation is 2. The molecule has 1 aliphatic rings. The first kappa shape index (κ1) is 15.5. The van der Waals surface area contributed by atoms with Gasteiger partial charge < -0.3 is 9.64 Å². The van der Waals surface area contributed by atoms with Gasteiger partial charge in [0.15, 0.2) is 5.82 Å². The Labute approximate surface area is 134 Å². The van der Waals surface area contributed by atoms with Crippen molar-refractivity contribution in [2.75, 3.05) is 19.7 Å². The Balaban J connectivity index is 1.52. The minimum Gasteiger partial charge on any atom is -0.367 e. The summed E-state index contributed by atoms with van der Waals surface area (Å²) in [6.07, 6.45) is 5.86. The van der Waals surface area contributed by atoms with Crippen molar-refractivity contribution in [3.63, 3.8) is 0 Å². The molecule has 0 saturated carbocycles. The number of amides is 1. The average Bonchev–Trinajstić information content (AvgIpc) is 3.08. The van der Waals surface area contributed by atoms with Gasteiger partial charge in [0, 0.05) is 31.4 Å². The topological polar surface area (TPSA) is 86.0 Å². The summed E-state index contributed by atoms with van der Waals surface area (Å²) in [6.45, 7) is 4.24. The van der Waals surface area contributed by atoms with E-state index < -0.39 is 0 Å². The number of aromatic nitrogens is 5. The minimum absolute atomic E-state index is 0.131. The maximum absolute atomic E-state index is 12.4. The van der Waals surface area contributed by atoms with Crippen molar-refractivity contribution in [3.05, 3.63) is 36.4 Å². The molecule has 0 bridgehead atoms. The van der Waals surface area contributed by atoms with Crippen LogP contribution in [0.2, 0.25) is 0 Å². The lowest BCUT2D eigenvalue weighted by Gasteiger charge is -2.32. The van der Waals surface area contributed by atoms with E-state index in [1.165, 1.54) is 6.33 Å². The van der Waals surface area contributed by atoms with Crippen LogP contribution < -0.4 is 0 Å². The molecule has 1 atom stereocenters. The molecule has 3 rings (SSSR count). The molecule has 1 unspecified atom stereocenters. The molecule has 0 N–H and O–H groups in total. The summed E-state index contributed by atoms with van der Waals surface area (Å²) in [7, 11) is 0. The minimum atomic E-state index is -0.247. The number of rotatable bonds is 5. The molecule has 122 valence electrons. The Bertz CT molecular complexity index is 645. The van der Waals surface area contributed by atoms with Gasteiger partial charge in [0.1, 0.15) is 18.8 Å². The standard InChI is InChI=1S/C15H20N6O2/c1-12-4-5-17-15(19-12)13-9-20(7-8-23-13)14(22)3-2-6-21-11-16-10-18-21/h4-5,10-11,13H,2-3,6-9H2,1H3. The monoisotopic (exact) mass is 316 g/mol. The van der Waals surface area contributed by atoms with E-state index in [1.54, 1.807) is 17.2 Å². The lowest BCUT2D eigenvalue weighted by Crippen LogP contribution is -2.42. The lowest BCUT2D eigenvalue weighted by atomic mass is 10.2. The molecule has 1 amide bonds. The van der Waals surface area contributed by atoms with Crippen molar-refractivity contribution in [1.82, 2.24) is 29.6 Å². The van der Waals surface area contributed by atoms with Gasteiger partial charge in [-0.05, 0) is 19.4 Å². The first-order valence-electron chi connectivity index (χ1n) is 7.74. The lowest BCUT2D eigenvalue weighted by molar-refractivity contribution is -0.139. The first-order chi connectivity index (χ1) is 11.2. The molecule has 8 nitrogen and oxygen atoms in total. The highest BCUT2D eigenvalue weighted by molar-refractivity contribution is 5.76. The quantitative estimate of drug-likeness (QED) is 0.809. The first-order valence-corrected chi connectivity index (χ1v) is 7.74. The molecule has 0 spiro atoms. The van der Waals surface area contributed by atoms with E-state index in [1.807, 2.05) is 17.9 Å². The van der Waals surface area contributed by atoms with E-state index in [0.29, 0.717) is 38.5 Å². The molecule has 3 heterocycles. The van der Waals surface area contributed by atoms with E-state index in [-0.39, 0.29) is 12.0 Å². The third-order valence-electron chi connectivity index (χ3n) is 3.77. The van der Waals surface area contributed by atoms with E-state index in [2.05, 4.69) is 20.1 Å². The highest BCUT2D eigenvalue weighted by Gasteiger charge is 2.26. The van der Waals surface area contributed by atoms with Gasteiger partial charge in [-0.25, -0.2) is 15.0 Å². The number of nitrogens with zero attached hydrogens (tertiary/aromatic N) is 6. The molecular formula is C15H20N6O2. The van der Waals surface area contributed by atoms with Crippen molar-refractivity contribution < 1.29 is 9.53 Å². The van der Waals surface area contributed by atoms with Gasteiger partial charge in [0.25, 0.3) is 0 Å². The summed E-state index contributed by atoms with van der Waals surface area (Å²) >= 11 is 0. The highest BCUT2D eigenvalue weighted by Crippen LogP contribution is 2.19. The van der Waals surface area contributed by atoms with Gasteiger partial charge in [0.2, 0.25) is 5.91 Å². The Morgan fingerprint density at radius 3 is 3.17 bits per heavy atom. The molecule has 0 aromatic carbocycles. The van der Waals surface area contributed by atoms with Crippen molar-refractivity contribution in [3.8, 4) is 0 Å². The summed E-state index contributed by atoms with van der Waals surface area (Å²) in [5, 5.41) is 4.03. The zero-order valence-electron chi connectivity index (χ0n) is 13.1. The van der Waals surface area contributed by atoms with E-state index >= 15 is 0 Å². The Hall–Kier alpha value is -2.35. The van der Waals surface area contributed by atoms with E-state index in [9.17, 15) is 4.79 Å². The third kappa shape index (κ3) is 4.10.